The molecule has 0 amide bonds. The number of nitro groups is 1. The molecule has 0 rings (SSSR count). The standard InChI is InChI=1S/C5H11NO3/c1-3-5(4(2)7)6(8)9/h4-5,7H,3H2,1-2H3/t4-,5-/m0/s1. The molecule has 0 aromatic carbocycles. The minimum Gasteiger partial charge on any atom is -0.386 e. The van der Waals surface area contributed by atoms with Crippen molar-refractivity contribution in [3.05, 3.63) is 10.1 Å². The zero-order valence-electron chi connectivity index (χ0n) is 5.57. The van der Waals surface area contributed by atoms with Gasteiger partial charge in [-0.25, -0.2) is 0 Å². The van der Waals surface area contributed by atoms with Crippen LogP contribution in [0.1, 0.15) is 20.3 Å². The summed E-state index contributed by atoms with van der Waals surface area (Å²) in [6.45, 7) is 3.11. The summed E-state index contributed by atoms with van der Waals surface area (Å²) in [6.07, 6.45) is -0.463. The van der Waals surface area contributed by atoms with Gasteiger partial charge in [0.05, 0.1) is 0 Å². The Bertz CT molecular complexity index is 102. The van der Waals surface area contributed by atoms with Gasteiger partial charge in [0.15, 0.2) is 0 Å². The first-order chi connectivity index (χ1) is 4.09. The molecule has 0 bridgehead atoms. The van der Waals surface area contributed by atoms with Gasteiger partial charge in [0, 0.05) is 11.3 Å². The molecule has 0 aromatic heterocycles. The van der Waals surface area contributed by atoms with Crippen LogP contribution in [0.4, 0.5) is 0 Å². The van der Waals surface area contributed by atoms with E-state index < -0.39 is 17.1 Å². The molecule has 2 atom stereocenters. The molecule has 0 saturated heterocycles. The van der Waals surface area contributed by atoms with Crippen molar-refractivity contribution in [3.8, 4) is 0 Å². The van der Waals surface area contributed by atoms with Gasteiger partial charge < -0.3 is 5.11 Å². The molecule has 1 N–H and O–H groups in total. The third-order valence-corrected chi connectivity index (χ3v) is 1.25. The first-order valence-corrected chi connectivity index (χ1v) is 2.91. The van der Waals surface area contributed by atoms with Crippen LogP contribution in [0.5, 0.6) is 0 Å². The molecule has 0 radical (unpaired) electrons. The van der Waals surface area contributed by atoms with Gasteiger partial charge in [0.25, 0.3) is 0 Å². The zero-order valence-corrected chi connectivity index (χ0v) is 5.57. The molecule has 0 aliphatic carbocycles. The average molecular weight is 133 g/mol. The maximum Gasteiger partial charge on any atom is 0.238 e. The maximum atomic E-state index is 10.0. The fourth-order valence-electron chi connectivity index (χ4n) is 0.666. The Morgan fingerprint density at radius 3 is 2.22 bits per heavy atom. The zero-order chi connectivity index (χ0) is 7.44. The van der Waals surface area contributed by atoms with Crippen LogP contribution in [0.25, 0.3) is 0 Å². The molecular weight excluding hydrogens is 122 g/mol. The highest BCUT2D eigenvalue weighted by Gasteiger charge is 2.22. The van der Waals surface area contributed by atoms with Crippen molar-refractivity contribution in [3.63, 3.8) is 0 Å². The van der Waals surface area contributed by atoms with Gasteiger partial charge in [-0.3, -0.25) is 10.1 Å². The maximum absolute atomic E-state index is 10.0. The molecule has 0 aliphatic heterocycles. The van der Waals surface area contributed by atoms with Crippen LogP contribution in [0.2, 0.25) is 0 Å². The highest BCUT2D eigenvalue weighted by molar-refractivity contribution is 4.59. The number of nitrogens with zero attached hydrogens (tertiary/aromatic N) is 1. The summed E-state index contributed by atoms with van der Waals surface area (Å²) in [4.78, 5) is 9.56. The number of hydrogen-bond acceptors (Lipinski definition) is 3. The van der Waals surface area contributed by atoms with Crippen molar-refractivity contribution in [1.82, 2.24) is 0 Å². The van der Waals surface area contributed by atoms with Crippen LogP contribution in [0, 0.1) is 10.1 Å². The van der Waals surface area contributed by atoms with Crippen LogP contribution >= 0.6 is 0 Å². The average Bonchev–Trinajstić information content (AvgIpc) is 1.64. The predicted octanol–water partition coefficient (Wildman–Crippen LogP) is 0.422. The van der Waals surface area contributed by atoms with Crippen LogP contribution in [-0.2, 0) is 0 Å². The summed E-state index contributed by atoms with van der Waals surface area (Å²) in [6, 6.07) is -0.801. The Hall–Kier alpha value is -0.640. The van der Waals surface area contributed by atoms with Crippen molar-refractivity contribution in [1.29, 1.82) is 0 Å². The monoisotopic (exact) mass is 133 g/mol. The van der Waals surface area contributed by atoms with E-state index in [0.717, 1.165) is 0 Å². The number of aliphatic hydroxyl groups is 1. The highest BCUT2D eigenvalue weighted by Crippen LogP contribution is 2.00. The largest absolute Gasteiger partial charge is 0.386 e. The topological polar surface area (TPSA) is 63.4 Å². The molecule has 4 nitrogen and oxygen atoms in total. The van der Waals surface area contributed by atoms with Gasteiger partial charge in [-0.15, -0.1) is 0 Å². The van der Waals surface area contributed by atoms with Crippen LogP contribution < -0.4 is 0 Å². The Morgan fingerprint density at radius 2 is 2.22 bits per heavy atom. The third kappa shape index (κ3) is 2.41. The Morgan fingerprint density at radius 1 is 1.78 bits per heavy atom. The van der Waals surface area contributed by atoms with Gasteiger partial charge >= 0.3 is 0 Å². The van der Waals surface area contributed by atoms with E-state index in [1.54, 1.807) is 6.92 Å². The van der Waals surface area contributed by atoms with E-state index in [1.807, 2.05) is 0 Å². The molecule has 0 saturated carbocycles. The number of rotatable bonds is 3. The summed E-state index contributed by atoms with van der Waals surface area (Å²) in [5, 5.41) is 18.8. The van der Waals surface area contributed by atoms with Crippen molar-refractivity contribution in [2.24, 2.45) is 0 Å². The van der Waals surface area contributed by atoms with Crippen LogP contribution in [0.15, 0.2) is 0 Å². The van der Waals surface area contributed by atoms with Gasteiger partial charge in [-0.05, 0) is 6.92 Å². The molecule has 9 heavy (non-hydrogen) atoms. The predicted molar refractivity (Wildman–Crippen MR) is 32.8 cm³/mol. The van der Waals surface area contributed by atoms with E-state index in [9.17, 15) is 10.1 Å². The van der Waals surface area contributed by atoms with Gasteiger partial charge in [-0.2, -0.15) is 0 Å². The fraction of sp³-hybridized carbons (Fsp3) is 1.00. The smallest absolute Gasteiger partial charge is 0.238 e. The third-order valence-electron chi connectivity index (χ3n) is 1.25. The highest BCUT2D eigenvalue weighted by atomic mass is 16.6. The van der Waals surface area contributed by atoms with E-state index >= 15 is 0 Å². The number of aliphatic hydroxyl groups excluding tert-OH is 1. The second kappa shape index (κ2) is 3.40. The Labute approximate surface area is 53.6 Å². The molecule has 4 heteroatoms. The Balaban J connectivity index is 3.83. The van der Waals surface area contributed by atoms with Gasteiger partial charge in [0.1, 0.15) is 6.10 Å². The summed E-state index contributed by atoms with van der Waals surface area (Å²) in [7, 11) is 0. The van der Waals surface area contributed by atoms with Crippen molar-refractivity contribution >= 4 is 0 Å². The number of hydrogen-bond donors (Lipinski definition) is 1. The summed E-state index contributed by atoms with van der Waals surface area (Å²) in [5.41, 5.74) is 0. The van der Waals surface area contributed by atoms with E-state index in [2.05, 4.69) is 0 Å². The lowest BCUT2D eigenvalue weighted by molar-refractivity contribution is -0.533. The van der Waals surface area contributed by atoms with E-state index in [-0.39, 0.29) is 0 Å². The molecule has 0 spiro atoms. The summed E-state index contributed by atoms with van der Waals surface area (Å²) < 4.78 is 0. The molecule has 0 aromatic rings. The molecule has 0 fully saturated rings. The molecular formula is C5H11NO3. The van der Waals surface area contributed by atoms with Crippen molar-refractivity contribution in [2.75, 3.05) is 0 Å². The first kappa shape index (κ1) is 8.36. The van der Waals surface area contributed by atoms with Crippen LogP contribution in [0.3, 0.4) is 0 Å². The second-order valence-electron chi connectivity index (χ2n) is 2.00. The van der Waals surface area contributed by atoms with Gasteiger partial charge in [0.2, 0.25) is 6.04 Å². The van der Waals surface area contributed by atoms with E-state index in [0.29, 0.717) is 6.42 Å². The minimum absolute atomic E-state index is 0.380. The van der Waals surface area contributed by atoms with Crippen molar-refractivity contribution < 1.29 is 10.0 Å². The summed E-state index contributed by atoms with van der Waals surface area (Å²) in [5.74, 6) is 0. The normalized spacial score (nSPS) is 16.8. The minimum atomic E-state index is -0.843. The van der Waals surface area contributed by atoms with Crippen molar-refractivity contribution in [2.45, 2.75) is 32.4 Å². The molecule has 0 heterocycles. The lowest BCUT2D eigenvalue weighted by Gasteiger charge is -2.07. The van der Waals surface area contributed by atoms with Crippen LogP contribution in [-0.4, -0.2) is 22.2 Å². The Kier molecular flexibility index (Phi) is 3.16. The lowest BCUT2D eigenvalue weighted by atomic mass is 10.1. The SMILES string of the molecule is CC[C@@H]([C@H](C)O)[N+](=O)[O-]. The molecule has 0 unspecified atom stereocenters. The van der Waals surface area contributed by atoms with E-state index in [1.165, 1.54) is 6.92 Å². The lowest BCUT2D eigenvalue weighted by Crippen LogP contribution is -2.30. The summed E-state index contributed by atoms with van der Waals surface area (Å²) >= 11 is 0. The molecule has 54 valence electrons. The quantitative estimate of drug-likeness (QED) is 0.448. The molecule has 0 aliphatic rings. The second-order valence-corrected chi connectivity index (χ2v) is 2.00. The fourth-order valence-corrected chi connectivity index (χ4v) is 0.666. The first-order valence-electron chi connectivity index (χ1n) is 2.91. The van der Waals surface area contributed by atoms with Gasteiger partial charge in [-0.1, -0.05) is 6.92 Å². The van der Waals surface area contributed by atoms with E-state index in [4.69, 9.17) is 5.11 Å².